The molecule has 2 amide bonds. The number of pyridine rings is 2. The van der Waals surface area contributed by atoms with Crippen molar-refractivity contribution in [1.82, 2.24) is 9.55 Å². The van der Waals surface area contributed by atoms with Crippen LogP contribution in [0.5, 0.6) is 0 Å². The Bertz CT molecular complexity index is 1180. The average Bonchev–Trinajstić information content (AvgIpc) is 2.74. The highest BCUT2D eigenvalue weighted by Crippen LogP contribution is 2.22. The van der Waals surface area contributed by atoms with Crippen molar-refractivity contribution in [2.24, 2.45) is 5.73 Å². The maximum atomic E-state index is 13.2. The van der Waals surface area contributed by atoms with Crippen LogP contribution in [0.2, 0.25) is 5.02 Å². The van der Waals surface area contributed by atoms with Gasteiger partial charge >= 0.3 is 5.97 Å². The molecule has 2 aromatic heterocycles. The molecule has 0 spiro atoms. The molecule has 3 rings (SSSR count). The van der Waals surface area contributed by atoms with Crippen LogP contribution in [0.25, 0.3) is 5.69 Å². The number of carbonyl (C=O) groups excluding carboxylic acids is 2. The Morgan fingerprint density at radius 3 is 2.35 bits per heavy atom. The third kappa shape index (κ3) is 4.96. The minimum atomic E-state index is -1.57. The number of anilines is 1. The highest BCUT2D eigenvalue weighted by molar-refractivity contribution is 6.30. The number of carboxylic acids is 1. The Morgan fingerprint density at radius 2 is 1.81 bits per heavy atom. The van der Waals surface area contributed by atoms with E-state index >= 15 is 0 Å². The van der Waals surface area contributed by atoms with E-state index in [1.54, 1.807) is 30.5 Å². The molecule has 2 heterocycles. The molecular formula is C21H17ClN4O5. The van der Waals surface area contributed by atoms with Gasteiger partial charge in [-0.15, -0.1) is 0 Å². The second-order valence-electron chi connectivity index (χ2n) is 6.49. The summed E-state index contributed by atoms with van der Waals surface area (Å²) in [6.07, 6.45) is 2.23. The number of primary amides is 1. The van der Waals surface area contributed by atoms with Gasteiger partial charge in [-0.1, -0.05) is 17.7 Å². The molecule has 0 radical (unpaired) electrons. The Labute approximate surface area is 181 Å². The van der Waals surface area contributed by atoms with Gasteiger partial charge in [-0.25, -0.2) is 9.78 Å². The zero-order chi connectivity index (χ0) is 22.5. The van der Waals surface area contributed by atoms with Crippen molar-refractivity contribution in [3.8, 4) is 5.69 Å². The van der Waals surface area contributed by atoms with Crippen LogP contribution < -0.4 is 16.2 Å². The molecule has 10 heteroatoms. The lowest BCUT2D eigenvalue weighted by Crippen LogP contribution is -2.47. The van der Waals surface area contributed by atoms with Crippen LogP contribution in [0.3, 0.4) is 0 Å². The van der Waals surface area contributed by atoms with Gasteiger partial charge in [-0.2, -0.15) is 0 Å². The number of hydrogen-bond acceptors (Lipinski definition) is 5. The molecule has 0 aliphatic rings. The minimum Gasteiger partial charge on any atom is -0.480 e. The largest absolute Gasteiger partial charge is 0.480 e. The first-order valence-corrected chi connectivity index (χ1v) is 9.40. The maximum Gasteiger partial charge on any atom is 0.327 e. The summed E-state index contributed by atoms with van der Waals surface area (Å²) in [7, 11) is 0. The van der Waals surface area contributed by atoms with E-state index in [0.717, 1.165) is 4.90 Å². The number of nitrogens with zero attached hydrogens (tertiary/aromatic N) is 3. The summed E-state index contributed by atoms with van der Waals surface area (Å²) < 4.78 is 1.39. The molecule has 31 heavy (non-hydrogen) atoms. The second kappa shape index (κ2) is 9.23. The first-order chi connectivity index (χ1) is 14.8. The van der Waals surface area contributed by atoms with Gasteiger partial charge in [0.15, 0.2) is 0 Å². The number of hydrogen-bond donors (Lipinski definition) is 2. The van der Waals surface area contributed by atoms with Crippen molar-refractivity contribution in [3.05, 3.63) is 87.9 Å². The normalized spacial score (nSPS) is 11.5. The minimum absolute atomic E-state index is 0.00796. The number of nitrogens with two attached hydrogens (primary N) is 1. The van der Waals surface area contributed by atoms with Gasteiger partial charge in [0.1, 0.15) is 11.9 Å². The van der Waals surface area contributed by atoms with Crippen molar-refractivity contribution in [3.63, 3.8) is 0 Å². The van der Waals surface area contributed by atoms with Crippen molar-refractivity contribution in [1.29, 1.82) is 0 Å². The number of rotatable bonds is 7. The van der Waals surface area contributed by atoms with E-state index in [9.17, 15) is 24.3 Å². The molecule has 1 unspecified atom stereocenters. The fourth-order valence-electron chi connectivity index (χ4n) is 2.94. The maximum absolute atomic E-state index is 13.2. The first kappa shape index (κ1) is 21.7. The van der Waals surface area contributed by atoms with E-state index in [1.165, 1.54) is 41.1 Å². The average molecular weight is 441 g/mol. The molecule has 1 aromatic carbocycles. The third-order valence-electron chi connectivity index (χ3n) is 4.38. The standard InChI is InChI=1S/C21H17ClN4O5/c22-14-6-9-18(24-12-14)26(16(21(30)31)11-17(23)27)20(29)13-4-7-15(8-5-13)25-10-2-1-3-19(25)28/h1-10,12,16H,11H2,(H2,23,27)(H,30,31). The molecule has 3 N–H and O–H groups in total. The van der Waals surface area contributed by atoms with Crippen molar-refractivity contribution in [2.45, 2.75) is 12.5 Å². The SMILES string of the molecule is NC(=O)CC(C(=O)O)N(C(=O)c1ccc(-n2ccccc2=O)cc1)c1ccc(Cl)cn1. The summed E-state index contributed by atoms with van der Waals surface area (Å²) in [6.45, 7) is 0. The van der Waals surface area contributed by atoms with Crippen molar-refractivity contribution < 1.29 is 19.5 Å². The summed E-state index contributed by atoms with van der Waals surface area (Å²) >= 11 is 5.84. The lowest BCUT2D eigenvalue weighted by Gasteiger charge is -2.27. The summed E-state index contributed by atoms with van der Waals surface area (Å²) in [5, 5.41) is 9.92. The number of carboxylic acid groups (broad SMARTS) is 1. The van der Waals surface area contributed by atoms with Gasteiger partial charge in [-0.3, -0.25) is 23.9 Å². The zero-order valence-electron chi connectivity index (χ0n) is 16.0. The Morgan fingerprint density at radius 1 is 1.10 bits per heavy atom. The van der Waals surface area contributed by atoms with Crippen LogP contribution in [0.15, 0.2) is 71.8 Å². The molecule has 3 aromatic rings. The number of aromatic nitrogens is 2. The first-order valence-electron chi connectivity index (χ1n) is 9.02. The lowest BCUT2D eigenvalue weighted by atomic mass is 10.1. The topological polar surface area (TPSA) is 136 Å². The number of halogens is 1. The molecule has 0 saturated carbocycles. The van der Waals surface area contributed by atoms with Gasteiger partial charge in [0.25, 0.3) is 11.5 Å². The Kier molecular flexibility index (Phi) is 6.46. The van der Waals surface area contributed by atoms with Gasteiger partial charge in [0.05, 0.1) is 11.4 Å². The molecular weight excluding hydrogens is 424 g/mol. The third-order valence-corrected chi connectivity index (χ3v) is 4.61. The van der Waals surface area contributed by atoms with Gasteiger partial charge in [0.2, 0.25) is 5.91 Å². The summed E-state index contributed by atoms with van der Waals surface area (Å²) in [6, 6.07) is 11.9. The number of amides is 2. The van der Waals surface area contributed by atoms with Crippen LogP contribution in [0, 0.1) is 0 Å². The second-order valence-corrected chi connectivity index (χ2v) is 6.93. The quantitative estimate of drug-likeness (QED) is 0.575. The van der Waals surface area contributed by atoms with Crippen LogP contribution in [0.1, 0.15) is 16.8 Å². The van der Waals surface area contributed by atoms with Gasteiger partial charge in [-0.05, 0) is 42.5 Å². The molecule has 1 atom stereocenters. The monoisotopic (exact) mass is 440 g/mol. The number of aliphatic carboxylic acids is 1. The Balaban J connectivity index is 2.02. The molecule has 158 valence electrons. The molecule has 9 nitrogen and oxygen atoms in total. The van der Waals surface area contributed by atoms with E-state index in [4.69, 9.17) is 17.3 Å². The Hall–Kier alpha value is -3.98. The van der Waals surface area contributed by atoms with Gasteiger partial charge < -0.3 is 10.8 Å². The predicted molar refractivity (Wildman–Crippen MR) is 113 cm³/mol. The zero-order valence-corrected chi connectivity index (χ0v) is 16.8. The van der Waals surface area contributed by atoms with Crippen LogP contribution in [-0.2, 0) is 9.59 Å². The highest BCUT2D eigenvalue weighted by Gasteiger charge is 2.34. The molecule has 0 fully saturated rings. The molecule has 0 aliphatic heterocycles. The van der Waals surface area contributed by atoms with Crippen molar-refractivity contribution >= 4 is 35.2 Å². The van der Waals surface area contributed by atoms with Crippen molar-refractivity contribution in [2.75, 3.05) is 4.90 Å². The predicted octanol–water partition coefficient (Wildman–Crippen LogP) is 1.86. The fourth-order valence-corrected chi connectivity index (χ4v) is 3.05. The van der Waals surface area contributed by atoms with E-state index in [2.05, 4.69) is 4.98 Å². The highest BCUT2D eigenvalue weighted by atomic mass is 35.5. The van der Waals surface area contributed by atoms with Crippen LogP contribution in [0.4, 0.5) is 5.82 Å². The smallest absolute Gasteiger partial charge is 0.327 e. The molecule has 0 aliphatic carbocycles. The lowest BCUT2D eigenvalue weighted by molar-refractivity contribution is -0.140. The number of benzene rings is 1. The van der Waals surface area contributed by atoms with E-state index < -0.39 is 30.2 Å². The fraction of sp³-hybridized carbons (Fsp3) is 0.0952. The summed E-state index contributed by atoms with van der Waals surface area (Å²) in [5.41, 5.74) is 5.59. The molecule has 0 saturated heterocycles. The number of carbonyl (C=O) groups is 3. The van der Waals surface area contributed by atoms with E-state index in [0.29, 0.717) is 5.69 Å². The van der Waals surface area contributed by atoms with E-state index in [1.807, 2.05) is 0 Å². The molecule has 0 bridgehead atoms. The van der Waals surface area contributed by atoms with Gasteiger partial charge in [0, 0.05) is 29.7 Å². The van der Waals surface area contributed by atoms with Crippen LogP contribution in [-0.4, -0.2) is 38.5 Å². The van der Waals surface area contributed by atoms with E-state index in [-0.39, 0.29) is 22.0 Å². The van der Waals surface area contributed by atoms with Crippen LogP contribution >= 0.6 is 11.6 Å². The summed E-state index contributed by atoms with van der Waals surface area (Å²) in [4.78, 5) is 53.4. The summed E-state index contributed by atoms with van der Waals surface area (Å²) in [5.74, 6) is -3.03.